The molecule has 3 aromatic rings. The van der Waals surface area contributed by atoms with Crippen LogP contribution in [-0.2, 0) is 0 Å². The van der Waals surface area contributed by atoms with E-state index < -0.39 is 0 Å². The van der Waals surface area contributed by atoms with Crippen LogP contribution in [0.3, 0.4) is 0 Å². The van der Waals surface area contributed by atoms with Crippen LogP contribution >= 0.6 is 0 Å². The van der Waals surface area contributed by atoms with Crippen molar-refractivity contribution in [2.45, 2.75) is 0 Å². The number of ether oxygens (including phenoxy) is 2. The normalized spacial score (nSPS) is 10.9. The van der Waals surface area contributed by atoms with Gasteiger partial charge < -0.3 is 14.5 Å². The molecule has 25 heavy (non-hydrogen) atoms. The topological polar surface area (TPSA) is 94.7 Å². The van der Waals surface area contributed by atoms with E-state index in [-0.39, 0.29) is 6.61 Å². The lowest BCUT2D eigenvalue weighted by molar-refractivity contribution is 0.329. The fourth-order valence-electron chi connectivity index (χ4n) is 2.41. The molecule has 0 atom stereocenters. The number of para-hydroxylation sites is 2. The molecular weight excluding hydrogens is 316 g/mol. The summed E-state index contributed by atoms with van der Waals surface area (Å²) in [5, 5.41) is 18.2. The van der Waals surface area contributed by atoms with Gasteiger partial charge in [-0.15, -0.1) is 0 Å². The van der Waals surface area contributed by atoms with Gasteiger partial charge in [-0.05, 0) is 35.9 Å². The summed E-state index contributed by atoms with van der Waals surface area (Å²) < 4.78 is 10.6. The SMILES string of the molecule is COc1ccc(C=C(C#N)c2nc3ccccc3[nH]2)cc1OCC#N. The standard InChI is InChI=1S/C19H14N4O2/c1-24-17-7-6-13(11-18(17)25-9-8-20)10-14(12-21)19-22-15-4-2-3-5-16(15)23-19/h2-7,10-11H,9H2,1H3,(H,22,23). The largest absolute Gasteiger partial charge is 0.493 e. The summed E-state index contributed by atoms with van der Waals surface area (Å²) in [5.41, 5.74) is 2.80. The van der Waals surface area contributed by atoms with Crippen LogP contribution in [0.2, 0.25) is 0 Å². The van der Waals surface area contributed by atoms with Crippen molar-refractivity contribution in [1.29, 1.82) is 10.5 Å². The Labute approximate surface area is 144 Å². The van der Waals surface area contributed by atoms with Crippen LogP contribution in [0, 0.1) is 22.7 Å². The van der Waals surface area contributed by atoms with Crippen LogP contribution in [0.4, 0.5) is 0 Å². The lowest BCUT2D eigenvalue weighted by atomic mass is 10.1. The van der Waals surface area contributed by atoms with Gasteiger partial charge in [-0.3, -0.25) is 0 Å². The number of nitriles is 2. The van der Waals surface area contributed by atoms with Crippen LogP contribution in [-0.4, -0.2) is 23.7 Å². The number of hydrogen-bond acceptors (Lipinski definition) is 5. The second-order valence-corrected chi connectivity index (χ2v) is 5.13. The monoisotopic (exact) mass is 330 g/mol. The number of aromatic nitrogens is 2. The molecule has 1 heterocycles. The second-order valence-electron chi connectivity index (χ2n) is 5.13. The number of hydrogen-bond donors (Lipinski definition) is 1. The molecule has 1 N–H and O–H groups in total. The average Bonchev–Trinajstić information content (AvgIpc) is 3.08. The van der Waals surface area contributed by atoms with Gasteiger partial charge in [-0.25, -0.2) is 4.98 Å². The molecule has 0 spiro atoms. The molecule has 6 nitrogen and oxygen atoms in total. The van der Waals surface area contributed by atoms with Crippen LogP contribution < -0.4 is 9.47 Å². The van der Waals surface area contributed by atoms with Gasteiger partial charge in [-0.2, -0.15) is 10.5 Å². The number of nitrogens with zero attached hydrogens (tertiary/aromatic N) is 3. The van der Waals surface area contributed by atoms with Gasteiger partial charge in [0, 0.05) is 0 Å². The molecule has 1 aromatic heterocycles. The summed E-state index contributed by atoms with van der Waals surface area (Å²) in [4.78, 5) is 7.58. The molecule has 122 valence electrons. The van der Waals surface area contributed by atoms with Crippen molar-refractivity contribution in [3.63, 3.8) is 0 Å². The van der Waals surface area contributed by atoms with Crippen LogP contribution in [0.25, 0.3) is 22.7 Å². The first-order chi connectivity index (χ1) is 12.2. The highest BCUT2D eigenvalue weighted by molar-refractivity contribution is 5.90. The maximum Gasteiger partial charge on any atom is 0.174 e. The Balaban J connectivity index is 1.99. The zero-order valence-electron chi connectivity index (χ0n) is 13.5. The number of allylic oxidation sites excluding steroid dienone is 1. The first-order valence-electron chi connectivity index (χ1n) is 7.50. The first kappa shape index (κ1) is 16.1. The smallest absolute Gasteiger partial charge is 0.174 e. The van der Waals surface area contributed by atoms with Gasteiger partial charge in [0.2, 0.25) is 0 Å². The molecule has 0 unspecified atom stereocenters. The van der Waals surface area contributed by atoms with E-state index in [1.807, 2.05) is 30.3 Å². The van der Waals surface area contributed by atoms with E-state index in [1.165, 1.54) is 7.11 Å². The van der Waals surface area contributed by atoms with Crippen LogP contribution in [0.15, 0.2) is 42.5 Å². The van der Waals surface area contributed by atoms with E-state index in [4.69, 9.17) is 14.7 Å². The predicted molar refractivity (Wildman–Crippen MR) is 93.7 cm³/mol. The van der Waals surface area contributed by atoms with E-state index in [2.05, 4.69) is 16.0 Å². The quantitative estimate of drug-likeness (QED) is 0.722. The number of H-pyrrole nitrogens is 1. The number of fused-ring (bicyclic) bond motifs is 1. The van der Waals surface area contributed by atoms with E-state index in [0.29, 0.717) is 22.9 Å². The van der Waals surface area contributed by atoms with Gasteiger partial charge in [0.1, 0.15) is 18.0 Å². The van der Waals surface area contributed by atoms with Crippen molar-refractivity contribution in [2.75, 3.05) is 13.7 Å². The van der Waals surface area contributed by atoms with Gasteiger partial charge in [0.25, 0.3) is 0 Å². The molecule has 3 rings (SSSR count). The minimum atomic E-state index is -0.0851. The molecule has 0 fully saturated rings. The highest BCUT2D eigenvalue weighted by Gasteiger charge is 2.09. The Bertz CT molecular complexity index is 989. The minimum Gasteiger partial charge on any atom is -0.493 e. The van der Waals surface area contributed by atoms with E-state index >= 15 is 0 Å². The number of methoxy groups -OCH3 is 1. The van der Waals surface area contributed by atoms with Crippen molar-refractivity contribution < 1.29 is 9.47 Å². The number of aromatic amines is 1. The Morgan fingerprint density at radius 1 is 1.20 bits per heavy atom. The van der Waals surface area contributed by atoms with Gasteiger partial charge in [-0.1, -0.05) is 18.2 Å². The van der Waals surface area contributed by atoms with Crippen LogP contribution in [0.5, 0.6) is 11.5 Å². The van der Waals surface area contributed by atoms with E-state index in [0.717, 1.165) is 16.6 Å². The first-order valence-corrected chi connectivity index (χ1v) is 7.50. The fourth-order valence-corrected chi connectivity index (χ4v) is 2.41. The van der Waals surface area contributed by atoms with E-state index in [9.17, 15) is 5.26 Å². The lowest BCUT2D eigenvalue weighted by Crippen LogP contribution is -1.97. The summed E-state index contributed by atoms with van der Waals surface area (Å²) in [7, 11) is 1.53. The average molecular weight is 330 g/mol. The van der Waals surface area contributed by atoms with Crippen molar-refractivity contribution in [2.24, 2.45) is 0 Å². The van der Waals surface area contributed by atoms with Crippen LogP contribution in [0.1, 0.15) is 11.4 Å². The molecule has 6 heteroatoms. The molecule has 2 aromatic carbocycles. The van der Waals surface area contributed by atoms with Gasteiger partial charge in [0.15, 0.2) is 18.1 Å². The van der Waals surface area contributed by atoms with Gasteiger partial charge in [0.05, 0.1) is 23.7 Å². The maximum atomic E-state index is 9.50. The molecule has 0 amide bonds. The minimum absolute atomic E-state index is 0.0851. The summed E-state index contributed by atoms with van der Waals surface area (Å²) in [5.74, 6) is 1.47. The molecule has 0 saturated carbocycles. The molecule has 0 saturated heterocycles. The van der Waals surface area contributed by atoms with Gasteiger partial charge >= 0.3 is 0 Å². The molecule has 0 aliphatic heterocycles. The summed E-state index contributed by atoms with van der Waals surface area (Å²) in [6.45, 7) is -0.0851. The Hall–Kier alpha value is -3.77. The Morgan fingerprint density at radius 3 is 2.76 bits per heavy atom. The Kier molecular flexibility index (Phi) is 4.64. The molecule has 0 bridgehead atoms. The van der Waals surface area contributed by atoms with Crippen molar-refractivity contribution >= 4 is 22.7 Å². The predicted octanol–water partition coefficient (Wildman–Crippen LogP) is 3.54. The highest BCUT2D eigenvalue weighted by Crippen LogP contribution is 2.29. The fraction of sp³-hybridized carbons (Fsp3) is 0.105. The Morgan fingerprint density at radius 2 is 2.04 bits per heavy atom. The maximum absolute atomic E-state index is 9.50. The number of imidazole rings is 1. The summed E-state index contributed by atoms with van der Waals surface area (Å²) in [6.07, 6.45) is 1.70. The van der Waals surface area contributed by atoms with Crippen molar-refractivity contribution in [3.05, 3.63) is 53.9 Å². The third-order valence-electron chi connectivity index (χ3n) is 3.56. The third kappa shape index (κ3) is 3.44. The lowest BCUT2D eigenvalue weighted by Gasteiger charge is -2.09. The third-order valence-corrected chi connectivity index (χ3v) is 3.56. The summed E-state index contributed by atoms with van der Waals surface area (Å²) >= 11 is 0. The molecular formula is C19H14N4O2. The van der Waals surface area contributed by atoms with E-state index in [1.54, 1.807) is 24.3 Å². The number of benzene rings is 2. The number of nitrogens with one attached hydrogen (secondary N) is 1. The second kappa shape index (κ2) is 7.20. The molecule has 0 radical (unpaired) electrons. The molecule has 0 aliphatic rings. The zero-order valence-corrected chi connectivity index (χ0v) is 13.5. The van der Waals surface area contributed by atoms with Crippen molar-refractivity contribution in [1.82, 2.24) is 9.97 Å². The highest BCUT2D eigenvalue weighted by atomic mass is 16.5. The number of rotatable bonds is 5. The summed E-state index contributed by atoms with van der Waals surface area (Å²) in [6, 6.07) is 16.9. The van der Waals surface area contributed by atoms with Crippen molar-refractivity contribution in [3.8, 4) is 23.6 Å². The molecule has 0 aliphatic carbocycles. The zero-order chi connectivity index (χ0) is 17.6.